The summed E-state index contributed by atoms with van der Waals surface area (Å²) < 4.78 is 10.9. The lowest BCUT2D eigenvalue weighted by molar-refractivity contribution is 0.669. The quantitative estimate of drug-likeness (QED) is 0.181. The average Bonchev–Trinajstić information content (AvgIpc) is 3.89. The van der Waals surface area contributed by atoms with Crippen molar-refractivity contribution in [2.24, 2.45) is 0 Å². The Balaban J connectivity index is 1.07. The molecule has 5 nitrogen and oxygen atoms in total. The van der Waals surface area contributed by atoms with Crippen LogP contribution in [0.5, 0.6) is 0 Å². The maximum Gasteiger partial charge on any atom is 0.135 e. The van der Waals surface area contributed by atoms with Crippen LogP contribution in [0.4, 0.5) is 17.1 Å². The van der Waals surface area contributed by atoms with E-state index in [1.807, 2.05) is 24.3 Å². The SMILES string of the molecule is N#Cc1ccc2c(c1)c1ccccc1n2-c1ccc(N(c2ccc(-n3c4ccccc4c4ccccc43)cc2)c2ccc3oc4ccccc4c3c2)cc1. The Morgan fingerprint density at radius 1 is 0.389 bits per heavy atom. The summed E-state index contributed by atoms with van der Waals surface area (Å²) in [5.74, 6) is 0. The molecule has 8 aromatic carbocycles. The van der Waals surface area contributed by atoms with Gasteiger partial charge in [-0.3, -0.25) is 0 Å². The zero-order chi connectivity index (χ0) is 35.8. The molecule has 3 heterocycles. The van der Waals surface area contributed by atoms with Gasteiger partial charge in [-0.1, -0.05) is 72.8 Å². The number of fused-ring (bicyclic) bond motifs is 9. The molecule has 0 aliphatic carbocycles. The normalized spacial score (nSPS) is 11.7. The van der Waals surface area contributed by atoms with Gasteiger partial charge in [-0.15, -0.1) is 0 Å². The van der Waals surface area contributed by atoms with E-state index in [0.29, 0.717) is 5.56 Å². The van der Waals surface area contributed by atoms with Crippen LogP contribution in [-0.2, 0) is 0 Å². The summed E-state index contributed by atoms with van der Waals surface area (Å²) in [5.41, 5.74) is 12.2. The Morgan fingerprint density at radius 2 is 0.852 bits per heavy atom. The van der Waals surface area contributed by atoms with Crippen molar-refractivity contribution in [1.29, 1.82) is 5.26 Å². The molecule has 0 aliphatic rings. The van der Waals surface area contributed by atoms with Gasteiger partial charge in [0.15, 0.2) is 0 Å². The second kappa shape index (κ2) is 11.7. The number of furan rings is 1. The molecule has 252 valence electrons. The van der Waals surface area contributed by atoms with Crippen LogP contribution in [0.25, 0.3) is 76.9 Å². The van der Waals surface area contributed by atoms with E-state index >= 15 is 0 Å². The van der Waals surface area contributed by atoms with Crippen LogP contribution in [0.2, 0.25) is 0 Å². The lowest BCUT2D eigenvalue weighted by Gasteiger charge is -2.26. The van der Waals surface area contributed by atoms with Gasteiger partial charge in [0.2, 0.25) is 0 Å². The molecule has 5 heteroatoms. The molecule has 0 spiro atoms. The molecule has 0 fully saturated rings. The van der Waals surface area contributed by atoms with Crippen LogP contribution in [0, 0.1) is 11.3 Å². The van der Waals surface area contributed by atoms with E-state index in [2.05, 4.69) is 178 Å². The van der Waals surface area contributed by atoms with Crippen LogP contribution in [-0.4, -0.2) is 9.13 Å². The number of hydrogen-bond donors (Lipinski definition) is 0. The molecule has 0 radical (unpaired) electrons. The fourth-order valence-corrected chi connectivity index (χ4v) is 8.32. The Bertz CT molecular complexity index is 3230. The molecule has 0 saturated heterocycles. The number of nitrogens with zero attached hydrogens (tertiary/aromatic N) is 4. The minimum Gasteiger partial charge on any atom is -0.456 e. The first-order chi connectivity index (χ1) is 26.7. The molecule has 0 bridgehead atoms. The molecule has 0 saturated carbocycles. The molecule has 0 amide bonds. The van der Waals surface area contributed by atoms with Gasteiger partial charge < -0.3 is 18.5 Å². The molecule has 0 atom stereocenters. The highest BCUT2D eigenvalue weighted by Gasteiger charge is 2.18. The number of aromatic nitrogens is 2. The number of hydrogen-bond acceptors (Lipinski definition) is 3. The zero-order valence-corrected chi connectivity index (χ0v) is 29.0. The monoisotopic (exact) mass is 690 g/mol. The van der Waals surface area contributed by atoms with Crippen LogP contribution < -0.4 is 4.90 Å². The third-order valence-corrected chi connectivity index (χ3v) is 10.7. The summed E-state index contributed by atoms with van der Waals surface area (Å²) in [5, 5.41) is 16.5. The lowest BCUT2D eigenvalue weighted by Crippen LogP contribution is -2.10. The standard InChI is InChI=1S/C49H30N4O/c50-31-32-17-27-47-42(29-32)40-11-3-7-15-46(40)53(47)36-24-20-34(21-25-36)51(37-26-28-49-43(30-37)41-12-4-8-16-48(41)54-49)33-18-22-35(23-19-33)52-44-13-5-1-9-38(44)39-10-2-6-14-45(39)52/h1-30H. The Kier molecular flexibility index (Phi) is 6.55. The fourth-order valence-electron chi connectivity index (χ4n) is 8.32. The minimum atomic E-state index is 0.655. The average molecular weight is 691 g/mol. The Morgan fingerprint density at radius 3 is 1.43 bits per heavy atom. The second-order valence-electron chi connectivity index (χ2n) is 13.7. The number of anilines is 3. The summed E-state index contributed by atoms with van der Waals surface area (Å²) in [6, 6.07) is 66.1. The van der Waals surface area contributed by atoms with Gasteiger partial charge >= 0.3 is 0 Å². The van der Waals surface area contributed by atoms with Gasteiger partial charge in [-0.05, 0) is 109 Å². The van der Waals surface area contributed by atoms with Gasteiger partial charge in [-0.25, -0.2) is 0 Å². The lowest BCUT2D eigenvalue weighted by atomic mass is 10.1. The molecule has 54 heavy (non-hydrogen) atoms. The van der Waals surface area contributed by atoms with Crippen LogP contribution in [0.1, 0.15) is 5.56 Å². The largest absolute Gasteiger partial charge is 0.456 e. The number of nitriles is 1. The molecule has 0 aliphatic heterocycles. The number of para-hydroxylation sites is 4. The third kappa shape index (κ3) is 4.51. The van der Waals surface area contributed by atoms with Crippen molar-refractivity contribution in [1.82, 2.24) is 9.13 Å². The minimum absolute atomic E-state index is 0.655. The first kappa shape index (κ1) is 30.1. The first-order valence-corrected chi connectivity index (χ1v) is 18.1. The predicted octanol–water partition coefficient (Wildman–Crippen LogP) is 13.1. The summed E-state index contributed by atoms with van der Waals surface area (Å²) in [6.07, 6.45) is 0. The van der Waals surface area contributed by atoms with E-state index in [1.165, 1.54) is 21.8 Å². The molecule has 11 rings (SSSR count). The van der Waals surface area contributed by atoms with Gasteiger partial charge in [-0.2, -0.15) is 5.26 Å². The van der Waals surface area contributed by atoms with Crippen LogP contribution in [0.15, 0.2) is 186 Å². The summed E-state index contributed by atoms with van der Waals surface area (Å²) >= 11 is 0. The van der Waals surface area contributed by atoms with E-state index in [9.17, 15) is 5.26 Å². The fraction of sp³-hybridized carbons (Fsp3) is 0. The van der Waals surface area contributed by atoms with Crippen LogP contribution in [0.3, 0.4) is 0 Å². The number of benzene rings is 8. The van der Waals surface area contributed by atoms with E-state index in [1.54, 1.807) is 0 Å². The molecular weight excluding hydrogens is 661 g/mol. The smallest absolute Gasteiger partial charge is 0.135 e. The van der Waals surface area contributed by atoms with E-state index < -0.39 is 0 Å². The summed E-state index contributed by atoms with van der Waals surface area (Å²) in [6.45, 7) is 0. The van der Waals surface area contributed by atoms with E-state index in [4.69, 9.17) is 4.42 Å². The summed E-state index contributed by atoms with van der Waals surface area (Å²) in [4.78, 5) is 2.31. The molecule has 0 N–H and O–H groups in total. The van der Waals surface area contributed by atoms with Crippen molar-refractivity contribution in [3.05, 3.63) is 188 Å². The van der Waals surface area contributed by atoms with E-state index in [0.717, 1.165) is 72.2 Å². The van der Waals surface area contributed by atoms with Crippen molar-refractivity contribution in [3.8, 4) is 17.4 Å². The first-order valence-electron chi connectivity index (χ1n) is 18.1. The highest BCUT2D eigenvalue weighted by Crippen LogP contribution is 2.41. The maximum atomic E-state index is 9.64. The van der Waals surface area contributed by atoms with Gasteiger partial charge in [0.25, 0.3) is 0 Å². The van der Waals surface area contributed by atoms with Crippen molar-refractivity contribution >= 4 is 82.6 Å². The summed E-state index contributed by atoms with van der Waals surface area (Å²) in [7, 11) is 0. The van der Waals surface area contributed by atoms with Crippen molar-refractivity contribution < 1.29 is 4.42 Å². The van der Waals surface area contributed by atoms with Gasteiger partial charge in [0.05, 0.1) is 33.7 Å². The van der Waals surface area contributed by atoms with Crippen molar-refractivity contribution in [3.63, 3.8) is 0 Å². The topological polar surface area (TPSA) is 50.0 Å². The van der Waals surface area contributed by atoms with Crippen molar-refractivity contribution in [2.45, 2.75) is 0 Å². The van der Waals surface area contributed by atoms with Gasteiger partial charge in [0, 0.05) is 60.8 Å². The Labute approximate surface area is 310 Å². The third-order valence-electron chi connectivity index (χ3n) is 10.7. The van der Waals surface area contributed by atoms with Crippen LogP contribution >= 0.6 is 0 Å². The van der Waals surface area contributed by atoms with E-state index in [-0.39, 0.29) is 0 Å². The van der Waals surface area contributed by atoms with Crippen molar-refractivity contribution in [2.75, 3.05) is 4.90 Å². The molecule has 0 unspecified atom stereocenters. The second-order valence-corrected chi connectivity index (χ2v) is 13.7. The maximum absolute atomic E-state index is 9.64. The molecule has 11 aromatic rings. The Hall–Kier alpha value is -7.55. The predicted molar refractivity (Wildman–Crippen MR) is 222 cm³/mol. The number of rotatable bonds is 5. The molecular formula is C49H30N4O. The van der Waals surface area contributed by atoms with Gasteiger partial charge in [0.1, 0.15) is 11.2 Å². The molecule has 3 aromatic heterocycles. The zero-order valence-electron chi connectivity index (χ0n) is 29.0. The highest BCUT2D eigenvalue weighted by molar-refractivity contribution is 6.11. The highest BCUT2D eigenvalue weighted by atomic mass is 16.3.